The maximum absolute atomic E-state index is 14.0. The zero-order valence-electron chi connectivity index (χ0n) is 9.65. The number of hydrogen-bond donors (Lipinski definition) is 1. The molecule has 0 atom stereocenters. The Kier molecular flexibility index (Phi) is 4.35. The molecule has 102 valence electrons. The summed E-state index contributed by atoms with van der Waals surface area (Å²) in [5.74, 6) is -2.17. The molecule has 0 heterocycles. The number of rotatable bonds is 2. The lowest BCUT2D eigenvalue weighted by atomic mass is 10.2. The first-order chi connectivity index (χ1) is 9.43. The molecule has 0 radical (unpaired) electrons. The van der Waals surface area contributed by atoms with Crippen molar-refractivity contribution in [2.75, 3.05) is 5.32 Å². The van der Waals surface area contributed by atoms with E-state index in [0.29, 0.717) is 0 Å². The summed E-state index contributed by atoms with van der Waals surface area (Å²) in [7, 11) is 0. The number of nitriles is 1. The van der Waals surface area contributed by atoms with Crippen molar-refractivity contribution in [1.82, 2.24) is 0 Å². The molecule has 20 heavy (non-hydrogen) atoms. The standard InChI is InChI=1S/C13H5Br2F3N2/c14-7-3-9(17)11(4-8(7)16)20-10-2-1-6(5-19)12(15)13(10)18/h1-4,20H. The highest BCUT2D eigenvalue weighted by atomic mass is 79.9. The van der Waals surface area contributed by atoms with Gasteiger partial charge in [0.15, 0.2) is 5.82 Å². The number of nitrogens with zero attached hydrogens (tertiary/aromatic N) is 1. The Hall–Kier alpha value is -1.52. The Morgan fingerprint density at radius 1 is 1.00 bits per heavy atom. The Bertz CT molecular complexity index is 727. The monoisotopic (exact) mass is 404 g/mol. The molecule has 2 aromatic carbocycles. The normalized spacial score (nSPS) is 10.2. The van der Waals surface area contributed by atoms with E-state index in [1.807, 2.05) is 0 Å². The summed E-state index contributed by atoms with van der Waals surface area (Å²) in [6.45, 7) is 0. The zero-order chi connectivity index (χ0) is 14.9. The van der Waals surface area contributed by atoms with Crippen molar-refractivity contribution >= 4 is 43.2 Å². The maximum atomic E-state index is 14.0. The minimum atomic E-state index is -0.758. The van der Waals surface area contributed by atoms with Crippen molar-refractivity contribution in [3.8, 4) is 6.07 Å². The molecule has 0 fully saturated rings. The SMILES string of the molecule is N#Cc1ccc(Nc2cc(F)c(Br)cc2F)c(F)c1Br. The van der Waals surface area contributed by atoms with Gasteiger partial charge in [0.2, 0.25) is 0 Å². The second-order valence-electron chi connectivity index (χ2n) is 3.77. The summed E-state index contributed by atoms with van der Waals surface area (Å²) >= 11 is 5.79. The molecule has 0 aliphatic rings. The highest BCUT2D eigenvalue weighted by Crippen LogP contribution is 2.31. The third-order valence-corrected chi connectivity index (χ3v) is 3.87. The highest BCUT2D eigenvalue weighted by molar-refractivity contribution is 9.10. The van der Waals surface area contributed by atoms with Crippen molar-refractivity contribution in [3.63, 3.8) is 0 Å². The van der Waals surface area contributed by atoms with Gasteiger partial charge in [0.05, 0.1) is 25.9 Å². The largest absolute Gasteiger partial charge is 0.351 e. The number of nitrogens with one attached hydrogen (secondary N) is 1. The van der Waals surface area contributed by atoms with Gasteiger partial charge >= 0.3 is 0 Å². The molecule has 0 saturated heterocycles. The highest BCUT2D eigenvalue weighted by Gasteiger charge is 2.14. The van der Waals surface area contributed by atoms with E-state index >= 15 is 0 Å². The average Bonchev–Trinajstić information content (AvgIpc) is 2.41. The topological polar surface area (TPSA) is 35.8 Å². The van der Waals surface area contributed by atoms with Crippen LogP contribution < -0.4 is 5.32 Å². The van der Waals surface area contributed by atoms with E-state index in [4.69, 9.17) is 5.26 Å². The first-order valence-electron chi connectivity index (χ1n) is 5.23. The molecule has 1 N–H and O–H groups in total. The van der Waals surface area contributed by atoms with Gasteiger partial charge in [-0.05, 0) is 50.1 Å². The summed E-state index contributed by atoms with van der Waals surface area (Å²) in [5.41, 5.74) is -0.173. The van der Waals surface area contributed by atoms with Crippen LogP contribution in [0.3, 0.4) is 0 Å². The van der Waals surface area contributed by atoms with Gasteiger partial charge in [-0.25, -0.2) is 13.2 Å². The number of benzene rings is 2. The van der Waals surface area contributed by atoms with Crippen LogP contribution in [-0.2, 0) is 0 Å². The van der Waals surface area contributed by atoms with Crippen LogP contribution in [0.2, 0.25) is 0 Å². The lowest BCUT2D eigenvalue weighted by Gasteiger charge is -2.11. The Labute approximate surface area is 129 Å². The molecule has 0 aliphatic heterocycles. The molecule has 0 unspecified atom stereocenters. The average molecular weight is 406 g/mol. The van der Waals surface area contributed by atoms with Gasteiger partial charge in [0, 0.05) is 6.07 Å². The predicted octanol–water partition coefficient (Wildman–Crippen LogP) is 5.24. The Morgan fingerprint density at radius 2 is 1.70 bits per heavy atom. The van der Waals surface area contributed by atoms with Crippen LogP contribution in [0.1, 0.15) is 5.56 Å². The van der Waals surface area contributed by atoms with Gasteiger partial charge in [-0.3, -0.25) is 0 Å². The van der Waals surface area contributed by atoms with Crippen LogP contribution in [0.25, 0.3) is 0 Å². The first-order valence-corrected chi connectivity index (χ1v) is 6.82. The Balaban J connectivity index is 2.44. The minimum Gasteiger partial charge on any atom is -0.351 e. The minimum absolute atomic E-state index is 0.0259. The molecule has 0 amide bonds. The third kappa shape index (κ3) is 2.81. The fourth-order valence-electron chi connectivity index (χ4n) is 1.50. The smallest absolute Gasteiger partial charge is 0.162 e. The summed E-state index contributed by atoms with van der Waals surface area (Å²) in [6.07, 6.45) is 0. The molecule has 7 heteroatoms. The van der Waals surface area contributed by atoms with E-state index in [9.17, 15) is 13.2 Å². The lowest BCUT2D eigenvalue weighted by Crippen LogP contribution is -1.99. The zero-order valence-corrected chi connectivity index (χ0v) is 12.8. The van der Waals surface area contributed by atoms with Crippen molar-refractivity contribution < 1.29 is 13.2 Å². The predicted molar refractivity (Wildman–Crippen MR) is 76.2 cm³/mol. The second kappa shape index (κ2) is 5.85. The molecule has 0 saturated carbocycles. The van der Waals surface area contributed by atoms with Gasteiger partial charge in [0.25, 0.3) is 0 Å². The van der Waals surface area contributed by atoms with Crippen molar-refractivity contribution in [1.29, 1.82) is 5.26 Å². The van der Waals surface area contributed by atoms with E-state index in [0.717, 1.165) is 12.1 Å². The van der Waals surface area contributed by atoms with Gasteiger partial charge in [0.1, 0.15) is 17.7 Å². The maximum Gasteiger partial charge on any atom is 0.162 e. The second-order valence-corrected chi connectivity index (χ2v) is 5.42. The summed E-state index contributed by atoms with van der Waals surface area (Å²) in [4.78, 5) is 0. The van der Waals surface area contributed by atoms with E-state index < -0.39 is 17.5 Å². The number of halogens is 5. The third-order valence-electron chi connectivity index (χ3n) is 2.48. The van der Waals surface area contributed by atoms with Crippen molar-refractivity contribution in [3.05, 3.63) is 56.2 Å². The van der Waals surface area contributed by atoms with Crippen molar-refractivity contribution in [2.45, 2.75) is 0 Å². The lowest BCUT2D eigenvalue weighted by molar-refractivity contribution is 0.596. The molecular formula is C13H5Br2F3N2. The van der Waals surface area contributed by atoms with Crippen LogP contribution >= 0.6 is 31.9 Å². The Morgan fingerprint density at radius 3 is 2.35 bits per heavy atom. The van der Waals surface area contributed by atoms with Crippen LogP contribution in [0.4, 0.5) is 24.5 Å². The van der Waals surface area contributed by atoms with Gasteiger partial charge in [-0.2, -0.15) is 5.26 Å². The molecule has 0 aromatic heterocycles. The molecule has 2 nitrogen and oxygen atoms in total. The van der Waals surface area contributed by atoms with E-state index in [1.165, 1.54) is 12.1 Å². The van der Waals surface area contributed by atoms with Crippen molar-refractivity contribution in [2.24, 2.45) is 0 Å². The summed E-state index contributed by atoms with van der Waals surface area (Å²) in [5, 5.41) is 11.2. The fourth-order valence-corrected chi connectivity index (χ4v) is 2.25. The van der Waals surface area contributed by atoms with Gasteiger partial charge in [-0.1, -0.05) is 0 Å². The first kappa shape index (κ1) is 14.9. The van der Waals surface area contributed by atoms with Gasteiger partial charge < -0.3 is 5.32 Å². The van der Waals surface area contributed by atoms with E-state index in [1.54, 1.807) is 6.07 Å². The van der Waals surface area contributed by atoms with E-state index in [-0.39, 0.29) is 25.9 Å². The molecule has 0 bridgehead atoms. The molecule has 2 aromatic rings. The fraction of sp³-hybridized carbons (Fsp3) is 0. The molecular weight excluding hydrogens is 401 g/mol. The van der Waals surface area contributed by atoms with Gasteiger partial charge in [-0.15, -0.1) is 0 Å². The molecule has 2 rings (SSSR count). The van der Waals surface area contributed by atoms with Crippen LogP contribution in [0.5, 0.6) is 0 Å². The number of hydrogen-bond acceptors (Lipinski definition) is 2. The summed E-state index contributed by atoms with van der Waals surface area (Å²) < 4.78 is 40.9. The van der Waals surface area contributed by atoms with Crippen LogP contribution in [0.15, 0.2) is 33.2 Å². The quantitative estimate of drug-likeness (QED) is 0.693. The van der Waals surface area contributed by atoms with E-state index in [2.05, 4.69) is 37.2 Å². The molecule has 0 aliphatic carbocycles. The molecule has 0 spiro atoms. The van der Waals surface area contributed by atoms with Crippen LogP contribution in [0, 0.1) is 28.8 Å². The number of anilines is 2. The summed E-state index contributed by atoms with van der Waals surface area (Å²) in [6, 6.07) is 6.29. The van der Waals surface area contributed by atoms with Crippen LogP contribution in [-0.4, -0.2) is 0 Å².